The van der Waals surface area contributed by atoms with Gasteiger partial charge in [0, 0.05) is 18.7 Å². The van der Waals surface area contributed by atoms with Crippen LogP contribution in [0.25, 0.3) is 16.9 Å². The van der Waals surface area contributed by atoms with Gasteiger partial charge in [-0.2, -0.15) is 4.52 Å². The summed E-state index contributed by atoms with van der Waals surface area (Å²) in [6.45, 7) is 6.25. The van der Waals surface area contributed by atoms with Gasteiger partial charge in [0.15, 0.2) is 11.3 Å². The number of aromatic amines is 1. The number of H-pyrrole nitrogens is 1. The Kier molecular flexibility index (Phi) is 4.49. The number of fused-ring (bicyclic) bond motifs is 1. The number of imidazole rings is 1. The smallest absolute Gasteiger partial charge is 0.277 e. The third-order valence-electron chi connectivity index (χ3n) is 5.24. The minimum Gasteiger partial charge on any atom is -0.341 e. The Morgan fingerprint density at radius 3 is 2.77 bits per heavy atom. The molecule has 1 aliphatic heterocycles. The first-order valence-corrected chi connectivity index (χ1v) is 9.49. The van der Waals surface area contributed by atoms with Crippen molar-refractivity contribution < 1.29 is 0 Å². The van der Waals surface area contributed by atoms with E-state index < -0.39 is 0 Å². The van der Waals surface area contributed by atoms with E-state index in [0.717, 1.165) is 49.1 Å². The maximum Gasteiger partial charge on any atom is 0.277 e. The Morgan fingerprint density at radius 2 is 2.00 bits per heavy atom. The molecular weight excluding hydrogens is 326 g/mol. The summed E-state index contributed by atoms with van der Waals surface area (Å²) in [4.78, 5) is 22.8. The van der Waals surface area contributed by atoms with E-state index in [0.29, 0.717) is 17.8 Å². The van der Waals surface area contributed by atoms with Gasteiger partial charge in [0.05, 0.1) is 5.69 Å². The summed E-state index contributed by atoms with van der Waals surface area (Å²) in [6.07, 6.45) is 4.24. The first-order valence-electron chi connectivity index (χ1n) is 9.49. The van der Waals surface area contributed by atoms with Crippen LogP contribution in [0.5, 0.6) is 0 Å². The van der Waals surface area contributed by atoms with Crippen LogP contribution in [0.2, 0.25) is 0 Å². The van der Waals surface area contributed by atoms with Crippen molar-refractivity contribution in [2.75, 3.05) is 18.0 Å². The molecule has 0 saturated carbocycles. The summed E-state index contributed by atoms with van der Waals surface area (Å²) >= 11 is 0. The van der Waals surface area contributed by atoms with Gasteiger partial charge in [0.1, 0.15) is 0 Å². The largest absolute Gasteiger partial charge is 0.341 e. The van der Waals surface area contributed by atoms with Crippen LogP contribution in [0.1, 0.15) is 38.8 Å². The molecule has 4 rings (SSSR count). The van der Waals surface area contributed by atoms with Gasteiger partial charge >= 0.3 is 0 Å². The van der Waals surface area contributed by atoms with Gasteiger partial charge in [0.2, 0.25) is 5.95 Å². The monoisotopic (exact) mass is 351 g/mol. The topological polar surface area (TPSA) is 66.3 Å². The van der Waals surface area contributed by atoms with Gasteiger partial charge < -0.3 is 9.88 Å². The molecule has 1 N–H and O–H groups in total. The van der Waals surface area contributed by atoms with Crippen LogP contribution in [0.15, 0.2) is 35.1 Å². The summed E-state index contributed by atoms with van der Waals surface area (Å²) in [5.74, 6) is 2.11. The quantitative estimate of drug-likeness (QED) is 0.786. The Bertz CT molecular complexity index is 959. The van der Waals surface area contributed by atoms with Gasteiger partial charge in [-0.15, -0.1) is 5.10 Å². The van der Waals surface area contributed by atoms with E-state index in [4.69, 9.17) is 10.1 Å². The normalized spacial score (nSPS) is 18.2. The van der Waals surface area contributed by atoms with Crippen molar-refractivity contribution in [3.8, 4) is 11.4 Å². The summed E-state index contributed by atoms with van der Waals surface area (Å²) < 4.78 is 1.76. The molecule has 3 aromatic rings. The molecule has 6 heteroatoms. The average molecular weight is 351 g/mol. The number of nitrogens with one attached hydrogen (secondary N) is 1. The maximum absolute atomic E-state index is 12.8. The zero-order valence-corrected chi connectivity index (χ0v) is 15.4. The second-order valence-corrected chi connectivity index (χ2v) is 7.16. The third kappa shape index (κ3) is 3.00. The number of nitrogens with zero attached hydrogens (tertiary/aromatic N) is 4. The predicted octanol–water partition coefficient (Wildman–Crippen LogP) is 3.27. The lowest BCUT2D eigenvalue weighted by atomic mass is 10.0. The number of aryl methyl sites for hydroxylation is 1. The van der Waals surface area contributed by atoms with Crippen molar-refractivity contribution in [3.05, 3.63) is 46.4 Å². The minimum absolute atomic E-state index is 0.127. The maximum atomic E-state index is 12.8. The van der Waals surface area contributed by atoms with Gasteiger partial charge in [-0.3, -0.25) is 4.79 Å². The van der Waals surface area contributed by atoms with Crippen LogP contribution in [0, 0.1) is 5.92 Å². The zero-order valence-electron chi connectivity index (χ0n) is 15.4. The molecule has 1 unspecified atom stereocenters. The highest BCUT2D eigenvalue weighted by Crippen LogP contribution is 2.24. The van der Waals surface area contributed by atoms with E-state index in [-0.39, 0.29) is 5.56 Å². The molecule has 0 bridgehead atoms. The number of rotatable bonds is 3. The van der Waals surface area contributed by atoms with Crippen LogP contribution in [-0.4, -0.2) is 32.7 Å². The average Bonchev–Trinajstić information content (AvgIpc) is 2.91. The molecule has 1 fully saturated rings. The number of hydrogen-bond donors (Lipinski definition) is 1. The van der Waals surface area contributed by atoms with Crippen molar-refractivity contribution >= 4 is 11.5 Å². The molecule has 2 aromatic heterocycles. The predicted molar refractivity (Wildman–Crippen MR) is 104 cm³/mol. The first-order chi connectivity index (χ1) is 12.7. The molecule has 0 aliphatic carbocycles. The van der Waals surface area contributed by atoms with Crippen molar-refractivity contribution in [2.24, 2.45) is 5.92 Å². The standard InChI is InChI=1S/C20H25N5O/c1-3-16-17-19(26)22-18(15-9-5-4-6-10-15)23-25(17)20(21-16)24-12-7-8-14(2)11-13-24/h4-6,9-10,14H,3,7-8,11-13H2,1-2H3,(H,22,23,26). The van der Waals surface area contributed by atoms with Crippen LogP contribution in [0.3, 0.4) is 0 Å². The number of aromatic nitrogens is 4. The van der Waals surface area contributed by atoms with Gasteiger partial charge in [-0.1, -0.05) is 44.2 Å². The molecule has 26 heavy (non-hydrogen) atoms. The highest BCUT2D eigenvalue weighted by atomic mass is 16.1. The van der Waals surface area contributed by atoms with Crippen LogP contribution in [0.4, 0.5) is 5.95 Å². The Balaban J connectivity index is 1.87. The summed E-state index contributed by atoms with van der Waals surface area (Å²) in [7, 11) is 0. The van der Waals surface area contributed by atoms with E-state index in [9.17, 15) is 4.79 Å². The van der Waals surface area contributed by atoms with Gasteiger partial charge in [-0.25, -0.2) is 4.98 Å². The Labute approximate surface area is 152 Å². The van der Waals surface area contributed by atoms with E-state index >= 15 is 0 Å². The molecule has 3 heterocycles. The lowest BCUT2D eigenvalue weighted by molar-refractivity contribution is 0.520. The molecule has 0 spiro atoms. The van der Waals surface area contributed by atoms with Crippen molar-refractivity contribution in [2.45, 2.75) is 39.5 Å². The van der Waals surface area contributed by atoms with E-state index in [2.05, 4.69) is 16.8 Å². The molecule has 1 aromatic carbocycles. The number of benzene rings is 1. The van der Waals surface area contributed by atoms with Crippen LogP contribution >= 0.6 is 0 Å². The zero-order chi connectivity index (χ0) is 18.1. The molecule has 0 amide bonds. The Hall–Kier alpha value is -2.63. The van der Waals surface area contributed by atoms with Crippen LogP contribution in [-0.2, 0) is 6.42 Å². The number of hydrogen-bond acceptors (Lipinski definition) is 4. The summed E-state index contributed by atoms with van der Waals surface area (Å²) in [5.41, 5.74) is 2.15. The first kappa shape index (κ1) is 16.8. The fraction of sp³-hybridized carbons (Fsp3) is 0.450. The molecular formula is C20H25N5O. The third-order valence-corrected chi connectivity index (χ3v) is 5.24. The van der Waals surface area contributed by atoms with E-state index in [1.165, 1.54) is 6.42 Å². The highest BCUT2D eigenvalue weighted by molar-refractivity contribution is 5.60. The molecule has 0 radical (unpaired) electrons. The lowest BCUT2D eigenvalue weighted by Gasteiger charge is -2.20. The van der Waals surface area contributed by atoms with Crippen molar-refractivity contribution in [3.63, 3.8) is 0 Å². The lowest BCUT2D eigenvalue weighted by Crippen LogP contribution is -2.27. The van der Waals surface area contributed by atoms with E-state index in [1.54, 1.807) is 4.52 Å². The molecule has 1 saturated heterocycles. The molecule has 136 valence electrons. The summed E-state index contributed by atoms with van der Waals surface area (Å²) in [6, 6.07) is 9.75. The highest BCUT2D eigenvalue weighted by Gasteiger charge is 2.22. The summed E-state index contributed by atoms with van der Waals surface area (Å²) in [5, 5.41) is 4.76. The van der Waals surface area contributed by atoms with Gasteiger partial charge in [0.25, 0.3) is 5.56 Å². The van der Waals surface area contributed by atoms with E-state index in [1.807, 2.05) is 37.3 Å². The molecule has 1 atom stereocenters. The van der Waals surface area contributed by atoms with Crippen molar-refractivity contribution in [1.29, 1.82) is 0 Å². The molecule has 6 nitrogen and oxygen atoms in total. The Morgan fingerprint density at radius 1 is 1.19 bits per heavy atom. The van der Waals surface area contributed by atoms with Gasteiger partial charge in [-0.05, 0) is 31.6 Å². The van der Waals surface area contributed by atoms with Crippen LogP contribution < -0.4 is 10.5 Å². The second kappa shape index (κ2) is 6.94. The minimum atomic E-state index is -0.127. The number of anilines is 1. The fourth-order valence-corrected chi connectivity index (χ4v) is 3.70. The second-order valence-electron chi connectivity index (χ2n) is 7.16. The molecule has 1 aliphatic rings. The SMILES string of the molecule is CCc1nc(N2CCCC(C)CC2)n2nc(-c3ccccc3)[nH]c(=O)c12. The van der Waals surface area contributed by atoms with Crippen molar-refractivity contribution in [1.82, 2.24) is 19.6 Å². The fourth-order valence-electron chi connectivity index (χ4n) is 3.70.